The van der Waals surface area contributed by atoms with Crippen molar-refractivity contribution < 1.29 is 9.59 Å². The van der Waals surface area contributed by atoms with Crippen molar-refractivity contribution in [3.05, 3.63) is 0 Å². The minimum absolute atomic E-state index is 0.0424. The van der Waals surface area contributed by atoms with E-state index in [0.29, 0.717) is 18.9 Å². The Morgan fingerprint density at radius 2 is 1.56 bits per heavy atom. The molecule has 25 heavy (non-hydrogen) atoms. The molecule has 1 aliphatic carbocycles. The molecule has 0 unspecified atom stereocenters. The van der Waals surface area contributed by atoms with E-state index in [1.807, 2.05) is 4.90 Å². The molecule has 142 valence electrons. The molecule has 3 fully saturated rings. The van der Waals surface area contributed by atoms with Crippen molar-refractivity contribution in [2.24, 2.45) is 17.8 Å². The third kappa shape index (κ3) is 5.21. The first-order valence-electron chi connectivity index (χ1n) is 10.7. The lowest BCUT2D eigenvalue weighted by Gasteiger charge is -2.37. The lowest BCUT2D eigenvalue weighted by atomic mass is 9.86. The Balaban J connectivity index is 1.45. The molecular weight excluding hydrogens is 312 g/mol. The topological polar surface area (TPSA) is 40.6 Å². The molecule has 2 amide bonds. The van der Waals surface area contributed by atoms with Crippen molar-refractivity contribution in [1.82, 2.24) is 9.80 Å². The summed E-state index contributed by atoms with van der Waals surface area (Å²) >= 11 is 0. The second-order valence-corrected chi connectivity index (χ2v) is 8.73. The van der Waals surface area contributed by atoms with Gasteiger partial charge in [0.2, 0.25) is 11.8 Å². The Bertz CT molecular complexity index is 451. The predicted molar refractivity (Wildman–Crippen MR) is 100 cm³/mol. The van der Waals surface area contributed by atoms with E-state index in [9.17, 15) is 9.59 Å². The molecular formula is C21H36N2O2. The molecule has 2 aliphatic heterocycles. The zero-order chi connectivity index (χ0) is 17.6. The Hall–Kier alpha value is -1.06. The number of hydrogen-bond acceptors (Lipinski definition) is 2. The van der Waals surface area contributed by atoms with Crippen LogP contribution in [0.1, 0.15) is 77.6 Å². The highest BCUT2D eigenvalue weighted by Crippen LogP contribution is 2.28. The molecule has 2 heterocycles. The highest BCUT2D eigenvalue weighted by Gasteiger charge is 2.32. The maximum Gasteiger partial charge on any atom is 0.227 e. The minimum atomic E-state index is 0.0424. The zero-order valence-electron chi connectivity index (χ0n) is 16.0. The van der Waals surface area contributed by atoms with Gasteiger partial charge >= 0.3 is 0 Å². The molecule has 0 spiro atoms. The van der Waals surface area contributed by atoms with Gasteiger partial charge in [0, 0.05) is 32.6 Å². The number of carbonyl (C=O) groups is 2. The number of piperidine rings is 2. The SMILES string of the molecule is CC1CCN(C(=O)[C@@H]2CCCN(C(=O)CCC3CCCCC3)C2)CC1. The van der Waals surface area contributed by atoms with E-state index in [1.165, 1.54) is 32.1 Å². The van der Waals surface area contributed by atoms with Crippen LogP contribution in [0.25, 0.3) is 0 Å². The highest BCUT2D eigenvalue weighted by atomic mass is 16.2. The molecule has 0 radical (unpaired) electrons. The van der Waals surface area contributed by atoms with Gasteiger partial charge in [0.15, 0.2) is 0 Å². The number of amides is 2. The fraction of sp³-hybridized carbons (Fsp3) is 0.905. The van der Waals surface area contributed by atoms with Gasteiger partial charge in [-0.2, -0.15) is 0 Å². The van der Waals surface area contributed by atoms with Gasteiger partial charge in [-0.1, -0.05) is 39.0 Å². The van der Waals surface area contributed by atoms with Crippen LogP contribution in [0.2, 0.25) is 0 Å². The maximum atomic E-state index is 12.8. The number of hydrogen-bond donors (Lipinski definition) is 0. The van der Waals surface area contributed by atoms with E-state index in [0.717, 1.165) is 63.6 Å². The van der Waals surface area contributed by atoms with Crippen molar-refractivity contribution in [3.63, 3.8) is 0 Å². The number of likely N-dealkylation sites (tertiary alicyclic amines) is 2. The number of rotatable bonds is 4. The van der Waals surface area contributed by atoms with Gasteiger partial charge in [-0.25, -0.2) is 0 Å². The molecule has 0 aromatic carbocycles. The second-order valence-electron chi connectivity index (χ2n) is 8.73. The summed E-state index contributed by atoms with van der Waals surface area (Å²) in [5.41, 5.74) is 0. The average molecular weight is 349 g/mol. The standard InChI is InChI=1S/C21H36N2O2/c1-17-11-14-22(15-12-17)21(25)19-8-5-13-23(16-19)20(24)10-9-18-6-3-2-4-7-18/h17-19H,2-16H2,1H3/t19-/m1/s1. The summed E-state index contributed by atoms with van der Waals surface area (Å²) in [5.74, 6) is 2.14. The Kier molecular flexibility index (Phi) is 6.77. The van der Waals surface area contributed by atoms with Crippen LogP contribution in [0.5, 0.6) is 0 Å². The largest absolute Gasteiger partial charge is 0.342 e. The second kappa shape index (κ2) is 9.05. The first-order chi connectivity index (χ1) is 12.1. The molecule has 1 atom stereocenters. The Labute approximate surface area is 153 Å². The maximum absolute atomic E-state index is 12.8. The molecule has 4 heteroatoms. The first kappa shape index (κ1) is 18.7. The van der Waals surface area contributed by atoms with Crippen LogP contribution in [0.3, 0.4) is 0 Å². The van der Waals surface area contributed by atoms with E-state index >= 15 is 0 Å². The van der Waals surface area contributed by atoms with Crippen molar-refractivity contribution in [2.75, 3.05) is 26.2 Å². The quantitative estimate of drug-likeness (QED) is 0.774. The van der Waals surface area contributed by atoms with Gasteiger partial charge in [0.05, 0.1) is 5.92 Å². The lowest BCUT2D eigenvalue weighted by Crippen LogP contribution is -2.48. The fourth-order valence-electron chi connectivity index (χ4n) is 4.85. The van der Waals surface area contributed by atoms with E-state index in [4.69, 9.17) is 0 Å². The molecule has 3 aliphatic rings. The molecule has 0 aromatic rings. The van der Waals surface area contributed by atoms with Crippen LogP contribution < -0.4 is 0 Å². The minimum Gasteiger partial charge on any atom is -0.342 e. The molecule has 1 saturated carbocycles. The molecule has 4 nitrogen and oxygen atoms in total. The number of carbonyl (C=O) groups excluding carboxylic acids is 2. The Morgan fingerprint density at radius 1 is 0.840 bits per heavy atom. The predicted octanol–water partition coefficient (Wildman–Crippen LogP) is 3.84. The third-order valence-electron chi connectivity index (χ3n) is 6.71. The Morgan fingerprint density at radius 3 is 2.28 bits per heavy atom. The molecule has 0 aromatic heterocycles. The van der Waals surface area contributed by atoms with Crippen LogP contribution in [0.15, 0.2) is 0 Å². The normalized spacial score (nSPS) is 26.7. The van der Waals surface area contributed by atoms with Crippen molar-refractivity contribution >= 4 is 11.8 Å². The van der Waals surface area contributed by atoms with Crippen molar-refractivity contribution in [3.8, 4) is 0 Å². The van der Waals surface area contributed by atoms with Gasteiger partial charge in [-0.15, -0.1) is 0 Å². The molecule has 2 saturated heterocycles. The summed E-state index contributed by atoms with van der Waals surface area (Å²) in [6, 6.07) is 0. The lowest BCUT2D eigenvalue weighted by molar-refractivity contribution is -0.142. The monoisotopic (exact) mass is 348 g/mol. The van der Waals surface area contributed by atoms with Gasteiger partial charge < -0.3 is 9.80 Å². The fourth-order valence-corrected chi connectivity index (χ4v) is 4.85. The summed E-state index contributed by atoms with van der Waals surface area (Å²) < 4.78 is 0. The van der Waals surface area contributed by atoms with Crippen LogP contribution in [-0.2, 0) is 9.59 Å². The van der Waals surface area contributed by atoms with Crippen LogP contribution in [0.4, 0.5) is 0 Å². The summed E-state index contributed by atoms with van der Waals surface area (Å²) in [5, 5.41) is 0. The van der Waals surface area contributed by atoms with Crippen LogP contribution in [0, 0.1) is 17.8 Å². The summed E-state index contributed by atoms with van der Waals surface area (Å²) in [4.78, 5) is 29.5. The van der Waals surface area contributed by atoms with Crippen molar-refractivity contribution in [2.45, 2.75) is 77.6 Å². The smallest absolute Gasteiger partial charge is 0.227 e. The van der Waals surface area contributed by atoms with Crippen LogP contribution in [-0.4, -0.2) is 47.8 Å². The van der Waals surface area contributed by atoms with Gasteiger partial charge in [0.25, 0.3) is 0 Å². The number of nitrogens with zero attached hydrogens (tertiary/aromatic N) is 2. The zero-order valence-corrected chi connectivity index (χ0v) is 16.0. The van der Waals surface area contributed by atoms with Crippen LogP contribution >= 0.6 is 0 Å². The van der Waals surface area contributed by atoms with E-state index in [2.05, 4.69) is 11.8 Å². The van der Waals surface area contributed by atoms with Crippen molar-refractivity contribution in [1.29, 1.82) is 0 Å². The van der Waals surface area contributed by atoms with E-state index < -0.39 is 0 Å². The van der Waals surface area contributed by atoms with Gasteiger partial charge in [-0.05, 0) is 43.9 Å². The molecule has 3 rings (SSSR count). The third-order valence-corrected chi connectivity index (χ3v) is 6.71. The molecule has 0 bridgehead atoms. The van der Waals surface area contributed by atoms with Gasteiger partial charge in [-0.3, -0.25) is 9.59 Å². The van der Waals surface area contributed by atoms with E-state index in [-0.39, 0.29) is 11.8 Å². The average Bonchev–Trinajstić information content (AvgIpc) is 2.67. The van der Waals surface area contributed by atoms with Gasteiger partial charge in [0.1, 0.15) is 0 Å². The molecule has 0 N–H and O–H groups in total. The first-order valence-corrected chi connectivity index (χ1v) is 10.7. The van der Waals surface area contributed by atoms with E-state index in [1.54, 1.807) is 0 Å². The summed E-state index contributed by atoms with van der Waals surface area (Å²) in [6.07, 6.45) is 12.6. The highest BCUT2D eigenvalue weighted by molar-refractivity contribution is 5.81. The summed E-state index contributed by atoms with van der Waals surface area (Å²) in [6.45, 7) is 5.60. The summed E-state index contributed by atoms with van der Waals surface area (Å²) in [7, 11) is 0.